The third-order valence-corrected chi connectivity index (χ3v) is 5.12. The lowest BCUT2D eigenvalue weighted by Crippen LogP contribution is -2.50. The fourth-order valence-electron chi connectivity index (χ4n) is 2.94. The number of carbonyl (C=O) groups is 4. The molecule has 0 heterocycles. The van der Waals surface area contributed by atoms with E-state index in [9.17, 15) is 19.2 Å². The van der Waals surface area contributed by atoms with E-state index in [1.165, 1.54) is 0 Å². The van der Waals surface area contributed by atoms with Crippen molar-refractivity contribution >= 4 is 39.6 Å². The van der Waals surface area contributed by atoms with E-state index in [-0.39, 0.29) is 12.8 Å². The van der Waals surface area contributed by atoms with Gasteiger partial charge in [0.05, 0.1) is 0 Å². The number of nitrogens with one attached hydrogen (secondary N) is 2. The van der Waals surface area contributed by atoms with E-state index in [4.69, 9.17) is 11.5 Å². The number of hydrogen-bond acceptors (Lipinski definition) is 4. The van der Waals surface area contributed by atoms with Crippen LogP contribution in [0, 0.1) is 0 Å². The first-order valence-electron chi connectivity index (χ1n) is 9.73. The topological polar surface area (TPSA) is 144 Å². The number of halogens is 1. The Kier molecular flexibility index (Phi) is 9.20. The Morgan fingerprint density at radius 1 is 0.871 bits per heavy atom. The zero-order chi connectivity index (χ0) is 22.8. The van der Waals surface area contributed by atoms with E-state index < -0.39 is 35.7 Å². The van der Waals surface area contributed by atoms with Gasteiger partial charge in [0.2, 0.25) is 23.6 Å². The zero-order valence-corrected chi connectivity index (χ0v) is 18.4. The van der Waals surface area contributed by atoms with Crippen LogP contribution in [0.15, 0.2) is 59.1 Å². The molecule has 31 heavy (non-hydrogen) atoms. The molecule has 2 rings (SSSR count). The predicted molar refractivity (Wildman–Crippen MR) is 119 cm³/mol. The molecule has 0 aromatic heterocycles. The maximum Gasteiger partial charge on any atom is 0.244 e. The SMILES string of the molecule is NC(=O)CCC(=O)N[C@H](CCc1ccccc1)C(=O)NC(C(N)=O)c1ccc(Br)cc1. The van der Waals surface area contributed by atoms with Gasteiger partial charge in [-0.05, 0) is 36.1 Å². The van der Waals surface area contributed by atoms with Crippen LogP contribution in [0.2, 0.25) is 0 Å². The minimum absolute atomic E-state index is 0.123. The van der Waals surface area contributed by atoms with Crippen LogP contribution in [0.25, 0.3) is 0 Å². The lowest BCUT2D eigenvalue weighted by molar-refractivity contribution is -0.132. The molecule has 0 aliphatic heterocycles. The van der Waals surface area contributed by atoms with E-state index in [0.29, 0.717) is 18.4 Å². The van der Waals surface area contributed by atoms with E-state index in [0.717, 1.165) is 10.0 Å². The van der Waals surface area contributed by atoms with Gasteiger partial charge < -0.3 is 22.1 Å². The second kappa shape index (κ2) is 11.8. The lowest BCUT2D eigenvalue weighted by Gasteiger charge is -2.22. The summed E-state index contributed by atoms with van der Waals surface area (Å²) in [5, 5.41) is 5.25. The lowest BCUT2D eigenvalue weighted by atomic mass is 10.0. The summed E-state index contributed by atoms with van der Waals surface area (Å²) in [5.41, 5.74) is 12.1. The van der Waals surface area contributed by atoms with Crippen molar-refractivity contribution in [1.29, 1.82) is 0 Å². The molecule has 0 radical (unpaired) electrons. The molecular weight excluding hydrogens is 464 g/mol. The Hall–Kier alpha value is -3.20. The van der Waals surface area contributed by atoms with Crippen molar-refractivity contribution in [3.63, 3.8) is 0 Å². The van der Waals surface area contributed by atoms with Gasteiger partial charge in [-0.25, -0.2) is 0 Å². The molecule has 0 spiro atoms. The van der Waals surface area contributed by atoms with Crippen molar-refractivity contribution in [2.75, 3.05) is 0 Å². The van der Waals surface area contributed by atoms with Gasteiger partial charge in [0.1, 0.15) is 12.1 Å². The van der Waals surface area contributed by atoms with Crippen LogP contribution in [0.3, 0.4) is 0 Å². The second-order valence-electron chi connectivity index (χ2n) is 7.01. The quantitative estimate of drug-likeness (QED) is 0.379. The Morgan fingerprint density at radius 2 is 1.52 bits per heavy atom. The fraction of sp³-hybridized carbons (Fsp3) is 0.273. The molecule has 9 heteroatoms. The molecule has 0 aliphatic carbocycles. The number of primary amides is 2. The van der Waals surface area contributed by atoms with Gasteiger partial charge in [0, 0.05) is 17.3 Å². The van der Waals surface area contributed by atoms with Crippen LogP contribution in [0.5, 0.6) is 0 Å². The first-order valence-corrected chi connectivity index (χ1v) is 10.5. The Balaban J connectivity index is 2.13. The van der Waals surface area contributed by atoms with Crippen molar-refractivity contribution in [1.82, 2.24) is 10.6 Å². The minimum Gasteiger partial charge on any atom is -0.370 e. The molecule has 4 amide bonds. The molecule has 0 saturated carbocycles. The van der Waals surface area contributed by atoms with Crippen LogP contribution < -0.4 is 22.1 Å². The first-order chi connectivity index (χ1) is 14.8. The van der Waals surface area contributed by atoms with Gasteiger partial charge in [-0.3, -0.25) is 19.2 Å². The highest BCUT2D eigenvalue weighted by Crippen LogP contribution is 2.17. The monoisotopic (exact) mass is 488 g/mol. The number of hydrogen-bond donors (Lipinski definition) is 4. The molecule has 2 aromatic carbocycles. The highest BCUT2D eigenvalue weighted by molar-refractivity contribution is 9.10. The standard InChI is InChI=1S/C22H25BrN4O4/c23-16-9-7-15(8-10-16)20(21(25)30)27-22(31)17(26-19(29)13-12-18(24)28)11-6-14-4-2-1-3-5-14/h1-5,7-10,17,20H,6,11-13H2,(H2,24,28)(H2,25,30)(H,26,29)(H,27,31)/t17-,20?/m1/s1. The summed E-state index contributed by atoms with van der Waals surface area (Å²) in [5.74, 6) is -2.36. The largest absolute Gasteiger partial charge is 0.370 e. The van der Waals surface area contributed by atoms with Crippen molar-refractivity contribution in [2.45, 2.75) is 37.8 Å². The maximum atomic E-state index is 13.0. The van der Waals surface area contributed by atoms with E-state index >= 15 is 0 Å². The molecule has 6 N–H and O–H groups in total. The van der Waals surface area contributed by atoms with Crippen LogP contribution in [-0.4, -0.2) is 29.7 Å². The van der Waals surface area contributed by atoms with Crippen molar-refractivity contribution in [3.8, 4) is 0 Å². The van der Waals surface area contributed by atoms with E-state index in [1.807, 2.05) is 30.3 Å². The number of aryl methyl sites for hydroxylation is 1. The Labute approximate surface area is 188 Å². The zero-order valence-electron chi connectivity index (χ0n) is 16.8. The molecule has 164 valence electrons. The second-order valence-corrected chi connectivity index (χ2v) is 7.92. The summed E-state index contributed by atoms with van der Waals surface area (Å²) < 4.78 is 0.813. The number of benzene rings is 2. The minimum atomic E-state index is -1.05. The molecule has 2 aromatic rings. The predicted octanol–water partition coefficient (Wildman–Crippen LogP) is 1.47. The highest BCUT2D eigenvalue weighted by Gasteiger charge is 2.26. The van der Waals surface area contributed by atoms with Gasteiger partial charge in [-0.2, -0.15) is 0 Å². The third-order valence-electron chi connectivity index (χ3n) is 4.59. The van der Waals surface area contributed by atoms with Gasteiger partial charge in [-0.15, -0.1) is 0 Å². The average molecular weight is 489 g/mol. The van der Waals surface area contributed by atoms with E-state index in [1.54, 1.807) is 24.3 Å². The van der Waals surface area contributed by atoms with Gasteiger partial charge in [0.15, 0.2) is 0 Å². The summed E-state index contributed by atoms with van der Waals surface area (Å²) in [6, 6.07) is 14.3. The summed E-state index contributed by atoms with van der Waals surface area (Å²) >= 11 is 3.32. The van der Waals surface area contributed by atoms with E-state index in [2.05, 4.69) is 26.6 Å². The molecule has 0 fully saturated rings. The molecule has 0 saturated heterocycles. The Bertz CT molecular complexity index is 919. The number of amides is 4. The Morgan fingerprint density at radius 3 is 2.10 bits per heavy atom. The molecule has 8 nitrogen and oxygen atoms in total. The van der Waals surface area contributed by atoms with Crippen LogP contribution in [-0.2, 0) is 25.6 Å². The highest BCUT2D eigenvalue weighted by atomic mass is 79.9. The summed E-state index contributed by atoms with van der Waals surface area (Å²) in [6.45, 7) is 0. The van der Waals surface area contributed by atoms with Crippen molar-refractivity contribution in [2.24, 2.45) is 11.5 Å². The summed E-state index contributed by atoms with van der Waals surface area (Å²) in [7, 11) is 0. The van der Waals surface area contributed by atoms with Crippen LogP contribution in [0.4, 0.5) is 0 Å². The van der Waals surface area contributed by atoms with Gasteiger partial charge >= 0.3 is 0 Å². The number of nitrogens with two attached hydrogens (primary N) is 2. The molecular formula is C22H25BrN4O4. The fourth-order valence-corrected chi connectivity index (χ4v) is 3.21. The van der Waals surface area contributed by atoms with Crippen molar-refractivity contribution < 1.29 is 19.2 Å². The average Bonchev–Trinajstić information content (AvgIpc) is 2.74. The van der Waals surface area contributed by atoms with Gasteiger partial charge in [-0.1, -0.05) is 58.4 Å². The third kappa shape index (κ3) is 8.21. The van der Waals surface area contributed by atoms with Gasteiger partial charge in [0.25, 0.3) is 0 Å². The molecule has 1 unspecified atom stereocenters. The smallest absolute Gasteiger partial charge is 0.244 e. The molecule has 0 bridgehead atoms. The van der Waals surface area contributed by atoms with Crippen LogP contribution in [0.1, 0.15) is 36.4 Å². The first kappa shape index (κ1) is 24.1. The normalized spacial score (nSPS) is 12.4. The summed E-state index contributed by atoms with van der Waals surface area (Å²) in [4.78, 5) is 48.1. The maximum absolute atomic E-state index is 13.0. The number of carbonyl (C=O) groups excluding carboxylic acids is 4. The molecule has 0 aliphatic rings. The molecule has 2 atom stereocenters. The summed E-state index contributed by atoms with van der Waals surface area (Å²) in [6.07, 6.45) is 0.566. The number of rotatable bonds is 11. The van der Waals surface area contributed by atoms with Crippen molar-refractivity contribution in [3.05, 3.63) is 70.2 Å². The van der Waals surface area contributed by atoms with Crippen LogP contribution >= 0.6 is 15.9 Å².